The van der Waals surface area contributed by atoms with Crippen molar-refractivity contribution in [2.45, 2.75) is 33.1 Å². The number of aryl methyl sites for hydroxylation is 2. The van der Waals surface area contributed by atoms with Crippen LogP contribution in [0, 0.1) is 19.3 Å². The third-order valence-electron chi connectivity index (χ3n) is 4.23. The number of ether oxygens (including phenoxy) is 1. The molecule has 0 aromatic carbocycles. The number of piperidine rings is 1. The maximum absolute atomic E-state index is 12.6. The summed E-state index contributed by atoms with van der Waals surface area (Å²) in [6.07, 6.45) is 3.38. The van der Waals surface area contributed by atoms with Crippen molar-refractivity contribution in [1.82, 2.24) is 9.88 Å². The molecule has 3 rings (SSSR count). The van der Waals surface area contributed by atoms with Crippen molar-refractivity contribution in [2.24, 2.45) is 5.41 Å². The van der Waals surface area contributed by atoms with E-state index in [4.69, 9.17) is 4.74 Å². The molecule has 4 nitrogen and oxygen atoms in total. The van der Waals surface area contributed by atoms with Gasteiger partial charge in [0, 0.05) is 25.1 Å². The van der Waals surface area contributed by atoms with Gasteiger partial charge in [-0.15, -0.1) is 11.3 Å². The van der Waals surface area contributed by atoms with E-state index in [1.807, 2.05) is 18.7 Å². The number of carbonyl (C=O) groups is 1. The van der Waals surface area contributed by atoms with Crippen LogP contribution in [0.2, 0.25) is 0 Å². The molecule has 5 heteroatoms. The van der Waals surface area contributed by atoms with Gasteiger partial charge in [-0.3, -0.25) is 4.79 Å². The predicted molar refractivity (Wildman–Crippen MR) is 74.6 cm³/mol. The van der Waals surface area contributed by atoms with Crippen molar-refractivity contribution in [3.8, 4) is 0 Å². The molecule has 1 unspecified atom stereocenters. The number of aromatic nitrogens is 1. The van der Waals surface area contributed by atoms with E-state index < -0.39 is 0 Å². The lowest BCUT2D eigenvalue weighted by molar-refractivity contribution is 0.0466. The molecule has 0 bridgehead atoms. The summed E-state index contributed by atoms with van der Waals surface area (Å²) >= 11 is 1.51. The van der Waals surface area contributed by atoms with Crippen molar-refractivity contribution in [2.75, 3.05) is 26.3 Å². The quantitative estimate of drug-likeness (QED) is 0.793. The lowest BCUT2D eigenvalue weighted by Gasteiger charge is -2.39. The first kappa shape index (κ1) is 13.1. The van der Waals surface area contributed by atoms with Gasteiger partial charge in [-0.1, -0.05) is 0 Å². The summed E-state index contributed by atoms with van der Waals surface area (Å²) in [6, 6.07) is 0. The van der Waals surface area contributed by atoms with Crippen LogP contribution in [0.15, 0.2) is 0 Å². The summed E-state index contributed by atoms with van der Waals surface area (Å²) in [4.78, 5) is 19.8. The lowest BCUT2D eigenvalue weighted by atomic mass is 9.79. The summed E-state index contributed by atoms with van der Waals surface area (Å²) in [5.41, 5.74) is 1.09. The van der Waals surface area contributed by atoms with Crippen LogP contribution in [0.4, 0.5) is 0 Å². The Bertz CT molecular complexity index is 492. The van der Waals surface area contributed by atoms with Gasteiger partial charge in [-0.2, -0.15) is 0 Å². The van der Waals surface area contributed by atoms with Crippen LogP contribution in [0.3, 0.4) is 0 Å². The van der Waals surface area contributed by atoms with Crippen molar-refractivity contribution in [1.29, 1.82) is 0 Å². The molecule has 0 aliphatic carbocycles. The van der Waals surface area contributed by atoms with Crippen LogP contribution in [0.25, 0.3) is 0 Å². The van der Waals surface area contributed by atoms with Crippen molar-refractivity contribution >= 4 is 17.2 Å². The van der Waals surface area contributed by atoms with E-state index in [2.05, 4.69) is 4.98 Å². The molecule has 19 heavy (non-hydrogen) atoms. The second-order valence-electron chi connectivity index (χ2n) is 5.78. The molecule has 0 saturated carbocycles. The number of nitrogens with zero attached hydrogens (tertiary/aromatic N) is 2. The average Bonchev–Trinajstić information content (AvgIpc) is 2.96. The number of carbonyl (C=O) groups excluding carboxylic acids is 1. The Hall–Kier alpha value is -0.940. The first-order chi connectivity index (χ1) is 9.10. The smallest absolute Gasteiger partial charge is 0.265 e. The zero-order valence-corrected chi connectivity index (χ0v) is 12.4. The minimum absolute atomic E-state index is 0.161. The summed E-state index contributed by atoms with van der Waals surface area (Å²) in [6.45, 7) is 7.27. The molecular weight excluding hydrogens is 260 g/mol. The monoisotopic (exact) mass is 280 g/mol. The molecule has 2 aliphatic heterocycles. The highest BCUT2D eigenvalue weighted by Gasteiger charge is 2.40. The van der Waals surface area contributed by atoms with Crippen molar-refractivity contribution in [3.63, 3.8) is 0 Å². The maximum atomic E-state index is 12.6. The Balaban J connectivity index is 1.78. The summed E-state index contributed by atoms with van der Waals surface area (Å²) in [5, 5.41) is 0.969. The Kier molecular flexibility index (Phi) is 3.35. The largest absolute Gasteiger partial charge is 0.381 e. The van der Waals surface area contributed by atoms with Crippen LogP contribution in [0.1, 0.15) is 39.6 Å². The van der Waals surface area contributed by atoms with Crippen molar-refractivity contribution in [3.05, 3.63) is 15.6 Å². The van der Waals surface area contributed by atoms with Crippen LogP contribution in [0.5, 0.6) is 0 Å². The van der Waals surface area contributed by atoms with Crippen LogP contribution < -0.4 is 0 Å². The minimum Gasteiger partial charge on any atom is -0.381 e. The first-order valence-corrected chi connectivity index (χ1v) is 7.72. The Morgan fingerprint density at radius 2 is 2.26 bits per heavy atom. The fourth-order valence-corrected chi connectivity index (χ4v) is 4.11. The van der Waals surface area contributed by atoms with E-state index >= 15 is 0 Å². The predicted octanol–water partition coefficient (Wildman–Crippen LogP) is 2.40. The highest BCUT2D eigenvalue weighted by Crippen LogP contribution is 2.38. The number of hydrogen-bond acceptors (Lipinski definition) is 4. The molecule has 104 valence electrons. The van der Waals surface area contributed by atoms with E-state index in [0.29, 0.717) is 0 Å². The molecule has 2 aliphatic rings. The molecule has 0 radical (unpaired) electrons. The Labute approximate surface area is 117 Å². The molecule has 0 N–H and O–H groups in total. The van der Waals surface area contributed by atoms with Gasteiger partial charge in [0.15, 0.2) is 0 Å². The van der Waals surface area contributed by atoms with Gasteiger partial charge in [0.05, 0.1) is 17.3 Å². The average molecular weight is 280 g/mol. The van der Waals surface area contributed by atoms with Crippen LogP contribution >= 0.6 is 11.3 Å². The minimum atomic E-state index is 0.161. The number of thiazole rings is 1. The Morgan fingerprint density at radius 1 is 1.42 bits per heavy atom. The van der Waals surface area contributed by atoms with E-state index in [0.717, 1.165) is 54.7 Å². The van der Waals surface area contributed by atoms with Gasteiger partial charge in [0.2, 0.25) is 0 Å². The molecule has 1 aromatic heterocycles. The third-order valence-corrected chi connectivity index (χ3v) is 5.29. The highest BCUT2D eigenvalue weighted by atomic mass is 32.1. The van der Waals surface area contributed by atoms with Gasteiger partial charge in [0.25, 0.3) is 5.91 Å². The van der Waals surface area contributed by atoms with Gasteiger partial charge in [-0.05, 0) is 33.1 Å². The zero-order chi connectivity index (χ0) is 13.5. The molecule has 2 saturated heterocycles. The van der Waals surface area contributed by atoms with E-state index in [1.165, 1.54) is 17.8 Å². The molecule has 2 fully saturated rings. The van der Waals surface area contributed by atoms with Gasteiger partial charge in [0.1, 0.15) is 4.88 Å². The van der Waals surface area contributed by atoms with E-state index in [1.54, 1.807) is 0 Å². The van der Waals surface area contributed by atoms with E-state index in [9.17, 15) is 4.79 Å². The normalized spacial score (nSPS) is 27.2. The summed E-state index contributed by atoms with van der Waals surface area (Å²) in [7, 11) is 0. The number of rotatable bonds is 1. The van der Waals surface area contributed by atoms with Crippen molar-refractivity contribution < 1.29 is 9.53 Å². The fraction of sp³-hybridized carbons (Fsp3) is 0.714. The second kappa shape index (κ2) is 4.87. The molecule has 1 atom stereocenters. The second-order valence-corrected chi connectivity index (χ2v) is 6.98. The van der Waals surface area contributed by atoms with Gasteiger partial charge < -0.3 is 9.64 Å². The highest BCUT2D eigenvalue weighted by molar-refractivity contribution is 7.13. The van der Waals surface area contributed by atoms with Crippen LogP contribution in [-0.2, 0) is 4.74 Å². The standard InChI is InChI=1S/C14H20N2O2S/c1-10-12(19-11(2)15-10)13(17)16-6-3-4-14(8-16)5-7-18-9-14/h3-9H2,1-2H3. The topological polar surface area (TPSA) is 42.4 Å². The first-order valence-electron chi connectivity index (χ1n) is 6.91. The summed E-state index contributed by atoms with van der Waals surface area (Å²) < 4.78 is 5.55. The number of amides is 1. The molecule has 3 heterocycles. The number of hydrogen-bond donors (Lipinski definition) is 0. The molecule has 1 spiro atoms. The third kappa shape index (κ3) is 2.41. The SMILES string of the molecule is Cc1nc(C)c(C(=O)N2CCCC3(CCOC3)C2)s1. The fourth-order valence-electron chi connectivity index (χ4n) is 3.23. The zero-order valence-electron chi connectivity index (χ0n) is 11.6. The summed E-state index contributed by atoms with van der Waals surface area (Å²) in [5.74, 6) is 0.161. The number of likely N-dealkylation sites (tertiary alicyclic amines) is 1. The maximum Gasteiger partial charge on any atom is 0.265 e. The molecule has 1 aromatic rings. The molecular formula is C14H20N2O2S. The van der Waals surface area contributed by atoms with Gasteiger partial charge >= 0.3 is 0 Å². The van der Waals surface area contributed by atoms with Gasteiger partial charge in [-0.25, -0.2) is 4.98 Å². The lowest BCUT2D eigenvalue weighted by Crippen LogP contribution is -2.46. The molecule has 1 amide bonds. The van der Waals surface area contributed by atoms with Crippen LogP contribution in [-0.4, -0.2) is 42.1 Å². The Morgan fingerprint density at radius 3 is 2.89 bits per heavy atom. The van der Waals surface area contributed by atoms with E-state index in [-0.39, 0.29) is 11.3 Å².